The molecule has 0 aliphatic rings. The summed E-state index contributed by atoms with van der Waals surface area (Å²) >= 11 is 1.39. The molecule has 74 valence electrons. The molecule has 0 bridgehead atoms. The van der Waals surface area contributed by atoms with Gasteiger partial charge in [-0.2, -0.15) is 13.2 Å². The predicted octanol–water partition coefficient (Wildman–Crippen LogP) is 3.09. The Bertz CT molecular complexity index is 242. The molecule has 0 amide bonds. The van der Waals surface area contributed by atoms with Crippen molar-refractivity contribution in [1.29, 1.82) is 0 Å². The van der Waals surface area contributed by atoms with Crippen LogP contribution in [0.15, 0.2) is 17.5 Å². The zero-order valence-corrected chi connectivity index (χ0v) is 7.66. The molecule has 0 aliphatic carbocycles. The molecule has 0 unspecified atom stereocenters. The summed E-state index contributed by atoms with van der Waals surface area (Å²) in [6.45, 7) is 0. The average Bonchev–Trinajstić information content (AvgIpc) is 2.50. The molecule has 1 nitrogen and oxygen atoms in total. The summed E-state index contributed by atoms with van der Waals surface area (Å²) in [5.41, 5.74) is 5.56. The van der Waals surface area contributed by atoms with Crippen LogP contribution in [0.5, 0.6) is 0 Å². The third kappa shape index (κ3) is 3.78. The molecule has 0 spiro atoms. The Morgan fingerprint density at radius 2 is 2.15 bits per heavy atom. The van der Waals surface area contributed by atoms with Gasteiger partial charge in [0.2, 0.25) is 0 Å². The first kappa shape index (κ1) is 10.5. The van der Waals surface area contributed by atoms with Gasteiger partial charge >= 0.3 is 6.18 Å². The van der Waals surface area contributed by atoms with Gasteiger partial charge in [0.15, 0.2) is 0 Å². The van der Waals surface area contributed by atoms with E-state index in [0.29, 0.717) is 0 Å². The maximum absolute atomic E-state index is 11.8. The van der Waals surface area contributed by atoms with E-state index in [1.54, 1.807) is 12.1 Å². The van der Waals surface area contributed by atoms with Crippen molar-refractivity contribution >= 4 is 11.3 Å². The van der Waals surface area contributed by atoms with Crippen LogP contribution < -0.4 is 5.73 Å². The van der Waals surface area contributed by atoms with Crippen molar-refractivity contribution < 1.29 is 13.2 Å². The molecule has 1 atom stereocenters. The van der Waals surface area contributed by atoms with E-state index in [-0.39, 0.29) is 6.42 Å². The van der Waals surface area contributed by atoms with Crippen molar-refractivity contribution in [1.82, 2.24) is 0 Å². The van der Waals surface area contributed by atoms with E-state index in [4.69, 9.17) is 5.73 Å². The highest BCUT2D eigenvalue weighted by Crippen LogP contribution is 2.27. The Labute approximate surface area is 78.4 Å². The number of hydrogen-bond acceptors (Lipinski definition) is 2. The zero-order valence-electron chi connectivity index (χ0n) is 6.84. The second-order valence-corrected chi connectivity index (χ2v) is 3.76. The minimum Gasteiger partial charge on any atom is -0.323 e. The summed E-state index contributed by atoms with van der Waals surface area (Å²) in [7, 11) is 0. The smallest absolute Gasteiger partial charge is 0.323 e. The molecule has 1 aromatic heterocycles. The monoisotopic (exact) mass is 209 g/mol. The van der Waals surface area contributed by atoms with Crippen LogP contribution in [0.4, 0.5) is 13.2 Å². The van der Waals surface area contributed by atoms with Crippen LogP contribution in [0, 0.1) is 0 Å². The van der Waals surface area contributed by atoms with E-state index in [0.717, 1.165) is 4.88 Å². The van der Waals surface area contributed by atoms with Gasteiger partial charge in [-0.05, 0) is 17.9 Å². The highest BCUT2D eigenvalue weighted by molar-refractivity contribution is 7.10. The van der Waals surface area contributed by atoms with E-state index in [1.165, 1.54) is 11.3 Å². The van der Waals surface area contributed by atoms with Gasteiger partial charge in [0.05, 0.1) is 0 Å². The first-order valence-corrected chi connectivity index (χ1v) is 4.73. The summed E-state index contributed by atoms with van der Waals surface area (Å²) in [4.78, 5) is 0.809. The minimum absolute atomic E-state index is 0.0377. The molecule has 1 aromatic rings. The Morgan fingerprint density at radius 3 is 2.62 bits per heavy atom. The number of rotatable bonds is 3. The molecule has 0 radical (unpaired) electrons. The second-order valence-electron chi connectivity index (χ2n) is 2.78. The maximum atomic E-state index is 11.8. The molecule has 0 fully saturated rings. The average molecular weight is 209 g/mol. The van der Waals surface area contributed by atoms with Gasteiger partial charge in [-0.15, -0.1) is 11.3 Å². The largest absolute Gasteiger partial charge is 0.389 e. The second kappa shape index (κ2) is 4.11. The van der Waals surface area contributed by atoms with Gasteiger partial charge in [0.1, 0.15) is 0 Å². The summed E-state index contributed by atoms with van der Waals surface area (Å²) in [6.07, 6.45) is -4.95. The number of alkyl halides is 3. The van der Waals surface area contributed by atoms with Crippen LogP contribution in [-0.4, -0.2) is 6.18 Å². The van der Waals surface area contributed by atoms with E-state index in [1.807, 2.05) is 5.38 Å². The Kier molecular flexibility index (Phi) is 3.33. The third-order valence-corrected chi connectivity index (χ3v) is 2.65. The molecule has 0 saturated carbocycles. The van der Waals surface area contributed by atoms with Crippen molar-refractivity contribution in [3.63, 3.8) is 0 Å². The van der Waals surface area contributed by atoms with Crippen LogP contribution in [0.25, 0.3) is 0 Å². The molecule has 0 aromatic carbocycles. The third-order valence-electron chi connectivity index (χ3n) is 1.65. The lowest BCUT2D eigenvalue weighted by atomic mass is 10.1. The number of thiophene rings is 1. The van der Waals surface area contributed by atoms with Crippen molar-refractivity contribution in [2.75, 3.05) is 0 Å². The van der Waals surface area contributed by atoms with Gasteiger partial charge < -0.3 is 5.73 Å². The van der Waals surface area contributed by atoms with E-state index in [2.05, 4.69) is 0 Å². The standard InChI is InChI=1S/C8H10F3NS/c9-8(10,11)4-3-6(12)7-2-1-5-13-7/h1-2,5-6H,3-4,12H2/t6-/m1/s1. The van der Waals surface area contributed by atoms with Gasteiger partial charge in [0, 0.05) is 17.3 Å². The fourth-order valence-corrected chi connectivity index (χ4v) is 1.73. The molecule has 0 saturated heterocycles. The van der Waals surface area contributed by atoms with Gasteiger partial charge in [-0.25, -0.2) is 0 Å². The Hall–Kier alpha value is -0.550. The first-order valence-electron chi connectivity index (χ1n) is 3.85. The van der Waals surface area contributed by atoms with Crippen LogP contribution in [0.1, 0.15) is 23.8 Å². The predicted molar refractivity (Wildman–Crippen MR) is 46.5 cm³/mol. The molecular weight excluding hydrogens is 199 g/mol. The highest BCUT2D eigenvalue weighted by atomic mass is 32.1. The Balaban J connectivity index is 2.39. The fourth-order valence-electron chi connectivity index (χ4n) is 0.964. The van der Waals surface area contributed by atoms with Crippen LogP contribution >= 0.6 is 11.3 Å². The normalized spacial score (nSPS) is 14.5. The molecule has 1 heterocycles. The topological polar surface area (TPSA) is 26.0 Å². The lowest BCUT2D eigenvalue weighted by Gasteiger charge is -2.10. The maximum Gasteiger partial charge on any atom is 0.389 e. The molecule has 5 heteroatoms. The summed E-state index contributed by atoms with van der Waals surface area (Å²) in [6, 6.07) is 3.06. The minimum atomic E-state index is -4.10. The van der Waals surface area contributed by atoms with E-state index >= 15 is 0 Å². The van der Waals surface area contributed by atoms with Crippen molar-refractivity contribution in [3.8, 4) is 0 Å². The summed E-state index contributed by atoms with van der Waals surface area (Å²) in [5.74, 6) is 0. The molecular formula is C8H10F3NS. The lowest BCUT2D eigenvalue weighted by Crippen LogP contribution is -2.14. The lowest BCUT2D eigenvalue weighted by molar-refractivity contribution is -0.136. The van der Waals surface area contributed by atoms with Gasteiger partial charge in [0.25, 0.3) is 0 Å². The van der Waals surface area contributed by atoms with E-state index in [9.17, 15) is 13.2 Å². The van der Waals surface area contributed by atoms with Crippen molar-refractivity contribution in [3.05, 3.63) is 22.4 Å². The quantitative estimate of drug-likeness (QED) is 0.813. The van der Waals surface area contributed by atoms with Crippen LogP contribution in [-0.2, 0) is 0 Å². The van der Waals surface area contributed by atoms with E-state index < -0.39 is 18.6 Å². The Morgan fingerprint density at radius 1 is 1.46 bits per heavy atom. The molecule has 2 N–H and O–H groups in total. The number of hydrogen-bond donors (Lipinski definition) is 1. The summed E-state index contributed by atoms with van der Waals surface area (Å²) in [5, 5.41) is 1.81. The molecule has 1 rings (SSSR count). The van der Waals surface area contributed by atoms with Gasteiger partial charge in [-0.1, -0.05) is 6.07 Å². The number of halogens is 3. The molecule has 13 heavy (non-hydrogen) atoms. The zero-order chi connectivity index (χ0) is 9.90. The van der Waals surface area contributed by atoms with Crippen LogP contribution in [0.3, 0.4) is 0 Å². The van der Waals surface area contributed by atoms with Crippen molar-refractivity contribution in [2.45, 2.75) is 25.1 Å². The fraction of sp³-hybridized carbons (Fsp3) is 0.500. The van der Waals surface area contributed by atoms with Gasteiger partial charge in [-0.3, -0.25) is 0 Å². The first-order chi connectivity index (χ1) is 5.99. The van der Waals surface area contributed by atoms with Crippen LogP contribution in [0.2, 0.25) is 0 Å². The SMILES string of the molecule is N[C@H](CCC(F)(F)F)c1cccs1. The summed E-state index contributed by atoms with van der Waals surface area (Å²) < 4.78 is 35.4. The number of nitrogens with two attached hydrogens (primary N) is 1. The molecule has 0 aliphatic heterocycles. The highest BCUT2D eigenvalue weighted by Gasteiger charge is 2.27. The van der Waals surface area contributed by atoms with Crippen molar-refractivity contribution in [2.24, 2.45) is 5.73 Å².